The van der Waals surface area contributed by atoms with Crippen LogP contribution >= 0.6 is 0 Å². The third-order valence-electron chi connectivity index (χ3n) is 2.11. The van der Waals surface area contributed by atoms with Gasteiger partial charge in [0.15, 0.2) is 0 Å². The first kappa shape index (κ1) is 8.57. The number of nitrogens with zero attached hydrogens (tertiary/aromatic N) is 4. The van der Waals surface area contributed by atoms with Crippen LogP contribution < -0.4 is 0 Å². The Hall–Kier alpha value is -2.02. The van der Waals surface area contributed by atoms with Crippen LogP contribution in [0.3, 0.4) is 0 Å². The molecule has 2 aromatic heterocycles. The molecule has 0 unspecified atom stereocenters. The smallest absolute Gasteiger partial charge is 0.214 e. The number of nitriles is 1. The number of rotatable bonds is 2. The average molecular weight is 186 g/mol. The minimum absolute atomic E-state index is 0.603. The molecule has 0 atom stereocenters. The van der Waals surface area contributed by atoms with E-state index in [2.05, 4.69) is 11.1 Å². The van der Waals surface area contributed by atoms with E-state index >= 15 is 0 Å². The summed E-state index contributed by atoms with van der Waals surface area (Å²) in [7, 11) is 0. The topological polar surface area (TPSA) is 46.5 Å². The fourth-order valence-corrected chi connectivity index (χ4v) is 1.42. The van der Waals surface area contributed by atoms with Crippen LogP contribution in [0.15, 0.2) is 30.7 Å². The molecule has 4 nitrogen and oxygen atoms in total. The Balaban J connectivity index is 2.55. The molecule has 4 heteroatoms. The highest BCUT2D eigenvalue weighted by molar-refractivity contribution is 5.30. The van der Waals surface area contributed by atoms with Crippen molar-refractivity contribution in [3.8, 4) is 12.0 Å². The number of imidazole rings is 1. The van der Waals surface area contributed by atoms with Gasteiger partial charge < -0.3 is 4.57 Å². The molecule has 0 aliphatic carbocycles. The van der Waals surface area contributed by atoms with Crippen LogP contribution in [0.25, 0.3) is 5.95 Å². The van der Waals surface area contributed by atoms with E-state index in [1.165, 1.54) is 0 Å². The van der Waals surface area contributed by atoms with Crippen molar-refractivity contribution in [3.63, 3.8) is 0 Å². The second-order valence-corrected chi connectivity index (χ2v) is 2.89. The first-order valence-corrected chi connectivity index (χ1v) is 4.45. The van der Waals surface area contributed by atoms with Crippen LogP contribution in [-0.4, -0.2) is 14.1 Å². The molecule has 0 aliphatic rings. The summed E-state index contributed by atoms with van der Waals surface area (Å²) < 4.78 is 3.77. The molecule has 0 saturated carbocycles. The molecule has 70 valence electrons. The summed E-state index contributed by atoms with van der Waals surface area (Å²) in [5.41, 5.74) is 0.603. The lowest BCUT2D eigenvalue weighted by molar-refractivity contribution is 0.718. The number of aryl methyl sites for hydroxylation is 1. The first-order chi connectivity index (χ1) is 6.86. The van der Waals surface area contributed by atoms with Crippen molar-refractivity contribution in [2.24, 2.45) is 0 Å². The Labute approximate surface area is 82.0 Å². The van der Waals surface area contributed by atoms with Gasteiger partial charge in [0.05, 0.1) is 0 Å². The van der Waals surface area contributed by atoms with Gasteiger partial charge in [-0.3, -0.25) is 4.57 Å². The third-order valence-corrected chi connectivity index (χ3v) is 2.11. The minimum atomic E-state index is 0.603. The predicted molar refractivity (Wildman–Crippen MR) is 51.9 cm³/mol. The van der Waals surface area contributed by atoms with E-state index in [0.717, 1.165) is 12.5 Å². The first-order valence-electron chi connectivity index (χ1n) is 4.45. The van der Waals surface area contributed by atoms with E-state index < -0.39 is 0 Å². The quantitative estimate of drug-likeness (QED) is 0.714. The van der Waals surface area contributed by atoms with E-state index in [0.29, 0.717) is 5.69 Å². The summed E-state index contributed by atoms with van der Waals surface area (Å²) >= 11 is 0. The maximum Gasteiger partial charge on any atom is 0.214 e. The molecule has 0 aromatic carbocycles. The van der Waals surface area contributed by atoms with Crippen molar-refractivity contribution in [3.05, 3.63) is 36.4 Å². The van der Waals surface area contributed by atoms with Crippen LogP contribution in [0, 0.1) is 11.3 Å². The van der Waals surface area contributed by atoms with Crippen molar-refractivity contribution >= 4 is 0 Å². The van der Waals surface area contributed by atoms with Crippen LogP contribution in [0.2, 0.25) is 0 Å². The SMILES string of the molecule is CCn1ccnc1-n1cccc1C#N. The van der Waals surface area contributed by atoms with Gasteiger partial charge in [0.1, 0.15) is 11.8 Å². The predicted octanol–water partition coefficient (Wildman–Crippen LogP) is 1.57. The molecular formula is C10H10N4. The lowest BCUT2D eigenvalue weighted by Crippen LogP contribution is -2.05. The molecule has 0 amide bonds. The van der Waals surface area contributed by atoms with Gasteiger partial charge in [0, 0.05) is 25.1 Å². The van der Waals surface area contributed by atoms with E-state index in [-0.39, 0.29) is 0 Å². The molecule has 0 fully saturated rings. The molecule has 14 heavy (non-hydrogen) atoms. The fraction of sp³-hybridized carbons (Fsp3) is 0.200. The lowest BCUT2D eigenvalue weighted by atomic mass is 10.5. The van der Waals surface area contributed by atoms with Crippen molar-refractivity contribution in [1.29, 1.82) is 5.26 Å². The molecule has 0 radical (unpaired) electrons. The highest BCUT2D eigenvalue weighted by atomic mass is 15.2. The van der Waals surface area contributed by atoms with Gasteiger partial charge in [0.2, 0.25) is 5.95 Å². The second kappa shape index (κ2) is 3.38. The van der Waals surface area contributed by atoms with Gasteiger partial charge in [-0.05, 0) is 19.1 Å². The zero-order valence-corrected chi connectivity index (χ0v) is 7.88. The van der Waals surface area contributed by atoms with Gasteiger partial charge in [-0.15, -0.1) is 0 Å². The lowest BCUT2D eigenvalue weighted by Gasteiger charge is -2.05. The molecule has 0 spiro atoms. The Bertz CT molecular complexity index is 472. The van der Waals surface area contributed by atoms with Crippen molar-refractivity contribution in [1.82, 2.24) is 14.1 Å². The molecular weight excluding hydrogens is 176 g/mol. The summed E-state index contributed by atoms with van der Waals surface area (Å²) in [6.07, 6.45) is 5.48. The van der Waals surface area contributed by atoms with Crippen molar-refractivity contribution in [2.75, 3.05) is 0 Å². The monoisotopic (exact) mass is 186 g/mol. The molecule has 0 aliphatic heterocycles. The van der Waals surface area contributed by atoms with E-state index in [1.807, 2.05) is 30.0 Å². The Morgan fingerprint density at radius 1 is 1.50 bits per heavy atom. The standard InChI is InChI=1S/C10H10N4/c1-2-13-7-5-12-10(13)14-6-3-4-9(14)8-11/h3-7H,2H2,1H3. The molecule has 2 aromatic rings. The summed E-state index contributed by atoms with van der Waals surface area (Å²) in [5, 5.41) is 8.86. The van der Waals surface area contributed by atoms with Crippen LogP contribution in [-0.2, 0) is 6.54 Å². The van der Waals surface area contributed by atoms with E-state index in [9.17, 15) is 0 Å². The molecule has 2 rings (SSSR count). The zero-order chi connectivity index (χ0) is 9.97. The molecule has 0 N–H and O–H groups in total. The second-order valence-electron chi connectivity index (χ2n) is 2.89. The van der Waals surface area contributed by atoms with Crippen LogP contribution in [0.4, 0.5) is 0 Å². The van der Waals surface area contributed by atoms with Gasteiger partial charge in [-0.1, -0.05) is 0 Å². The van der Waals surface area contributed by atoms with Crippen LogP contribution in [0.1, 0.15) is 12.6 Å². The maximum absolute atomic E-state index is 8.86. The number of hydrogen-bond donors (Lipinski definition) is 0. The Morgan fingerprint density at radius 2 is 2.36 bits per heavy atom. The summed E-state index contributed by atoms with van der Waals surface area (Å²) in [4.78, 5) is 4.21. The summed E-state index contributed by atoms with van der Waals surface area (Å²) in [5.74, 6) is 0.786. The zero-order valence-electron chi connectivity index (χ0n) is 7.88. The highest BCUT2D eigenvalue weighted by Crippen LogP contribution is 2.09. The Kier molecular flexibility index (Phi) is 2.07. The molecule has 0 bridgehead atoms. The fourth-order valence-electron chi connectivity index (χ4n) is 1.42. The van der Waals surface area contributed by atoms with Gasteiger partial charge in [0.25, 0.3) is 0 Å². The maximum atomic E-state index is 8.86. The molecule has 2 heterocycles. The number of hydrogen-bond acceptors (Lipinski definition) is 2. The minimum Gasteiger partial charge on any atom is -0.317 e. The molecule has 0 saturated heterocycles. The van der Waals surface area contributed by atoms with E-state index in [1.54, 1.807) is 16.8 Å². The van der Waals surface area contributed by atoms with Gasteiger partial charge in [-0.25, -0.2) is 4.98 Å². The van der Waals surface area contributed by atoms with Gasteiger partial charge >= 0.3 is 0 Å². The average Bonchev–Trinajstić information content (AvgIpc) is 2.85. The van der Waals surface area contributed by atoms with E-state index in [4.69, 9.17) is 5.26 Å². The van der Waals surface area contributed by atoms with Gasteiger partial charge in [-0.2, -0.15) is 5.26 Å². The summed E-state index contributed by atoms with van der Waals surface area (Å²) in [6.45, 7) is 2.89. The largest absolute Gasteiger partial charge is 0.317 e. The Morgan fingerprint density at radius 3 is 3.07 bits per heavy atom. The van der Waals surface area contributed by atoms with Crippen molar-refractivity contribution in [2.45, 2.75) is 13.5 Å². The van der Waals surface area contributed by atoms with Crippen LogP contribution in [0.5, 0.6) is 0 Å². The highest BCUT2D eigenvalue weighted by Gasteiger charge is 2.06. The third kappa shape index (κ3) is 1.19. The summed E-state index contributed by atoms with van der Waals surface area (Å²) in [6, 6.07) is 5.74. The number of aromatic nitrogens is 3. The normalized spacial score (nSPS) is 10.0. The van der Waals surface area contributed by atoms with Crippen molar-refractivity contribution < 1.29 is 0 Å².